The number of fused-ring (bicyclic) bond motifs is 1. The smallest absolute Gasteiger partial charge is 0.237 e. The maximum Gasteiger partial charge on any atom is 0.237 e. The Kier molecular flexibility index (Phi) is 6.54. The minimum atomic E-state index is -0.260. The maximum absolute atomic E-state index is 12.8. The van der Waals surface area contributed by atoms with Gasteiger partial charge in [0.1, 0.15) is 0 Å². The summed E-state index contributed by atoms with van der Waals surface area (Å²) in [5.41, 5.74) is 5.16. The van der Waals surface area contributed by atoms with Crippen LogP contribution >= 0.6 is 35.0 Å². The highest BCUT2D eigenvalue weighted by Crippen LogP contribution is 2.31. The van der Waals surface area contributed by atoms with Crippen LogP contribution in [0.2, 0.25) is 10.0 Å². The summed E-state index contributed by atoms with van der Waals surface area (Å²) in [6.45, 7) is 8.25. The number of anilines is 1. The Labute approximate surface area is 179 Å². The van der Waals surface area contributed by atoms with E-state index in [2.05, 4.69) is 44.3 Å². The van der Waals surface area contributed by atoms with Crippen LogP contribution in [0, 0.1) is 20.8 Å². The lowest BCUT2D eigenvalue weighted by atomic mass is 10.0. The van der Waals surface area contributed by atoms with Crippen molar-refractivity contribution in [3.8, 4) is 0 Å². The zero-order chi connectivity index (χ0) is 20.4. The maximum atomic E-state index is 12.8. The highest BCUT2D eigenvalue weighted by Gasteiger charge is 2.20. The van der Waals surface area contributed by atoms with Gasteiger partial charge in [0.2, 0.25) is 5.91 Å². The fourth-order valence-electron chi connectivity index (χ4n) is 3.14. The number of amides is 1. The fourth-order valence-corrected chi connectivity index (χ4v) is 4.45. The number of carbonyl (C=O) groups excluding carboxylic acids is 1. The van der Waals surface area contributed by atoms with E-state index >= 15 is 0 Å². The van der Waals surface area contributed by atoms with Gasteiger partial charge in [0, 0.05) is 11.1 Å². The lowest BCUT2D eigenvalue weighted by Gasteiger charge is -2.16. The number of nitrogens with one attached hydrogen (secondary N) is 1. The molecule has 3 nitrogen and oxygen atoms in total. The molecule has 0 bridgehead atoms. The second kappa shape index (κ2) is 8.73. The van der Waals surface area contributed by atoms with Crippen molar-refractivity contribution in [2.24, 2.45) is 0 Å². The van der Waals surface area contributed by atoms with Gasteiger partial charge in [0.05, 0.1) is 25.8 Å². The Bertz CT molecular complexity index is 1050. The van der Waals surface area contributed by atoms with Crippen molar-refractivity contribution in [2.75, 3.05) is 5.32 Å². The average Bonchev–Trinajstić information content (AvgIpc) is 2.63. The highest BCUT2D eigenvalue weighted by molar-refractivity contribution is 8.00. The third-order valence-electron chi connectivity index (χ3n) is 4.55. The van der Waals surface area contributed by atoms with Crippen LogP contribution in [-0.4, -0.2) is 16.1 Å². The van der Waals surface area contributed by atoms with Gasteiger partial charge in [-0.3, -0.25) is 4.79 Å². The van der Waals surface area contributed by atoms with Crippen LogP contribution < -0.4 is 5.32 Å². The predicted molar refractivity (Wildman–Crippen MR) is 121 cm³/mol. The Morgan fingerprint density at radius 3 is 2.50 bits per heavy atom. The SMILES string of the molecule is CCC(Sc1cc(C)c2cc(C)cc(C)c2n1)C(=O)Nc1ccc(Cl)c(Cl)c1. The van der Waals surface area contributed by atoms with Crippen molar-refractivity contribution < 1.29 is 4.79 Å². The number of aryl methyl sites for hydroxylation is 3. The van der Waals surface area contributed by atoms with Gasteiger partial charge in [0.25, 0.3) is 0 Å². The summed E-state index contributed by atoms with van der Waals surface area (Å²) in [5, 5.41) is 5.55. The number of benzene rings is 2. The van der Waals surface area contributed by atoms with Crippen LogP contribution in [0.4, 0.5) is 5.69 Å². The molecule has 0 fully saturated rings. The molecular formula is C22H22Cl2N2OS. The summed E-state index contributed by atoms with van der Waals surface area (Å²) in [6.07, 6.45) is 0.684. The van der Waals surface area contributed by atoms with Crippen LogP contribution in [-0.2, 0) is 4.79 Å². The van der Waals surface area contributed by atoms with E-state index in [1.807, 2.05) is 6.92 Å². The monoisotopic (exact) mass is 432 g/mol. The lowest BCUT2D eigenvalue weighted by Crippen LogP contribution is -2.24. The van der Waals surface area contributed by atoms with Crippen molar-refractivity contribution in [2.45, 2.75) is 44.4 Å². The highest BCUT2D eigenvalue weighted by atomic mass is 35.5. The molecule has 0 aliphatic rings. The minimum absolute atomic E-state index is 0.0777. The van der Waals surface area contributed by atoms with Crippen LogP contribution in [0.15, 0.2) is 41.4 Å². The van der Waals surface area contributed by atoms with Gasteiger partial charge in [-0.25, -0.2) is 4.98 Å². The molecule has 28 heavy (non-hydrogen) atoms. The number of thioether (sulfide) groups is 1. The van der Waals surface area contributed by atoms with Crippen molar-refractivity contribution >= 4 is 57.5 Å². The largest absolute Gasteiger partial charge is 0.325 e. The zero-order valence-electron chi connectivity index (χ0n) is 16.3. The molecule has 0 aliphatic heterocycles. The van der Waals surface area contributed by atoms with Crippen LogP contribution in [0.1, 0.15) is 30.0 Å². The van der Waals surface area contributed by atoms with E-state index < -0.39 is 0 Å². The van der Waals surface area contributed by atoms with Gasteiger partial charge in [-0.05, 0) is 68.7 Å². The molecule has 1 amide bonds. The third-order valence-corrected chi connectivity index (χ3v) is 6.57. The number of hydrogen-bond acceptors (Lipinski definition) is 3. The van der Waals surface area contributed by atoms with Crippen LogP contribution in [0.3, 0.4) is 0 Å². The number of rotatable bonds is 5. The summed E-state index contributed by atoms with van der Waals surface area (Å²) in [4.78, 5) is 17.6. The standard InChI is InChI=1S/C22H22Cl2N2OS/c1-5-19(22(27)25-15-6-7-17(23)18(24)11-15)28-20-10-13(3)16-9-12(2)8-14(4)21(16)26-20/h6-11,19H,5H2,1-4H3,(H,25,27). The number of nitrogens with zero attached hydrogens (tertiary/aromatic N) is 1. The van der Waals surface area contributed by atoms with Crippen molar-refractivity contribution in [3.63, 3.8) is 0 Å². The topological polar surface area (TPSA) is 42.0 Å². The lowest BCUT2D eigenvalue weighted by molar-refractivity contribution is -0.115. The molecule has 1 heterocycles. The molecule has 6 heteroatoms. The van der Waals surface area contributed by atoms with Crippen LogP contribution in [0.5, 0.6) is 0 Å². The molecule has 146 valence electrons. The first-order valence-electron chi connectivity index (χ1n) is 9.09. The Morgan fingerprint density at radius 1 is 1.07 bits per heavy atom. The predicted octanol–water partition coefficient (Wildman–Crippen LogP) is 6.98. The van der Waals surface area contributed by atoms with E-state index in [4.69, 9.17) is 28.2 Å². The molecule has 0 saturated heterocycles. The Hall–Kier alpha value is -1.75. The second-order valence-corrected chi connectivity index (χ2v) is 8.93. The van der Waals surface area contributed by atoms with Gasteiger partial charge in [-0.1, -0.05) is 53.5 Å². The number of pyridine rings is 1. The number of halogens is 2. The molecule has 0 radical (unpaired) electrons. The number of aromatic nitrogens is 1. The van der Waals surface area contributed by atoms with Gasteiger partial charge < -0.3 is 5.32 Å². The first-order chi connectivity index (χ1) is 13.3. The molecular weight excluding hydrogens is 411 g/mol. The van der Waals surface area contributed by atoms with Crippen molar-refractivity contribution in [3.05, 3.63) is 63.1 Å². The van der Waals surface area contributed by atoms with Gasteiger partial charge in [0.15, 0.2) is 0 Å². The fraction of sp³-hybridized carbons (Fsp3) is 0.273. The van der Waals surface area contributed by atoms with Gasteiger partial charge in [-0.2, -0.15) is 0 Å². The molecule has 0 spiro atoms. The molecule has 3 rings (SSSR count). The van der Waals surface area contributed by atoms with Gasteiger partial charge >= 0.3 is 0 Å². The van der Waals surface area contributed by atoms with E-state index in [1.165, 1.54) is 22.9 Å². The Morgan fingerprint density at radius 2 is 1.82 bits per heavy atom. The molecule has 1 aromatic heterocycles. The summed E-state index contributed by atoms with van der Waals surface area (Å²) in [6, 6.07) is 11.4. The van der Waals surface area contributed by atoms with E-state index in [0.717, 1.165) is 21.5 Å². The van der Waals surface area contributed by atoms with Gasteiger partial charge in [-0.15, -0.1) is 0 Å². The quantitative estimate of drug-likeness (QED) is 0.442. The van der Waals surface area contributed by atoms with Crippen molar-refractivity contribution in [1.29, 1.82) is 0 Å². The molecule has 1 atom stereocenters. The summed E-state index contributed by atoms with van der Waals surface area (Å²) >= 11 is 13.5. The second-order valence-electron chi connectivity index (χ2n) is 6.89. The molecule has 0 aliphatic carbocycles. The molecule has 1 N–H and O–H groups in total. The first-order valence-corrected chi connectivity index (χ1v) is 10.7. The summed E-state index contributed by atoms with van der Waals surface area (Å²) < 4.78 is 0. The summed E-state index contributed by atoms with van der Waals surface area (Å²) in [5.74, 6) is -0.0777. The molecule has 3 aromatic rings. The van der Waals surface area contributed by atoms with Crippen molar-refractivity contribution in [1.82, 2.24) is 4.98 Å². The van der Waals surface area contributed by atoms with E-state index in [9.17, 15) is 4.79 Å². The van der Waals surface area contributed by atoms with E-state index in [0.29, 0.717) is 22.2 Å². The first kappa shape index (κ1) is 21.0. The minimum Gasteiger partial charge on any atom is -0.325 e. The molecule has 2 aromatic carbocycles. The summed E-state index contributed by atoms with van der Waals surface area (Å²) in [7, 11) is 0. The van der Waals surface area contributed by atoms with E-state index in [1.54, 1.807) is 18.2 Å². The molecule has 1 unspecified atom stereocenters. The molecule has 0 saturated carbocycles. The third kappa shape index (κ3) is 4.62. The number of carbonyl (C=O) groups is 1. The zero-order valence-corrected chi connectivity index (χ0v) is 18.6. The van der Waals surface area contributed by atoms with E-state index in [-0.39, 0.29) is 11.2 Å². The number of hydrogen-bond donors (Lipinski definition) is 1. The normalized spacial score (nSPS) is 12.2. The Balaban J connectivity index is 1.83. The average molecular weight is 433 g/mol. The van der Waals surface area contributed by atoms with Crippen LogP contribution in [0.25, 0.3) is 10.9 Å².